The summed E-state index contributed by atoms with van der Waals surface area (Å²) in [7, 11) is -3.48. The molecule has 21 heavy (non-hydrogen) atoms. The van der Waals surface area contributed by atoms with Gasteiger partial charge in [-0.25, -0.2) is 8.78 Å². The minimum absolute atomic E-state index is 0.0745. The van der Waals surface area contributed by atoms with Crippen LogP contribution in [-0.4, -0.2) is 28.1 Å². The van der Waals surface area contributed by atoms with Crippen molar-refractivity contribution in [3.63, 3.8) is 0 Å². The number of halogens is 2. The highest BCUT2D eigenvalue weighted by atomic mass is 32.3. The van der Waals surface area contributed by atoms with Crippen LogP contribution in [0.3, 0.4) is 0 Å². The SMILES string of the molecule is O=[S+]([O-])(c1cccs1)N1CC(Oc2ccc(F)cc2F)C1. The molecule has 1 atom stereocenters. The van der Waals surface area contributed by atoms with Crippen LogP contribution < -0.4 is 4.74 Å². The van der Waals surface area contributed by atoms with Gasteiger partial charge < -0.3 is 9.29 Å². The molecular formula is C13H11F2NO3S2. The van der Waals surface area contributed by atoms with Gasteiger partial charge in [0.1, 0.15) is 11.9 Å². The Morgan fingerprint density at radius 2 is 2.10 bits per heavy atom. The first-order valence-electron chi connectivity index (χ1n) is 6.12. The maximum absolute atomic E-state index is 13.4. The summed E-state index contributed by atoms with van der Waals surface area (Å²) in [6.07, 6.45) is -0.431. The van der Waals surface area contributed by atoms with Crippen molar-refractivity contribution >= 4 is 21.7 Å². The summed E-state index contributed by atoms with van der Waals surface area (Å²) < 4.78 is 57.4. The number of nitrogens with zero attached hydrogens (tertiary/aromatic N) is 1. The Balaban J connectivity index is 1.62. The monoisotopic (exact) mass is 331 g/mol. The van der Waals surface area contributed by atoms with E-state index in [9.17, 15) is 17.5 Å². The molecule has 0 N–H and O–H groups in total. The third-order valence-electron chi connectivity index (χ3n) is 3.09. The summed E-state index contributed by atoms with van der Waals surface area (Å²) in [5.41, 5.74) is 0. The van der Waals surface area contributed by atoms with Crippen LogP contribution in [0.2, 0.25) is 0 Å². The van der Waals surface area contributed by atoms with E-state index >= 15 is 0 Å². The Labute approximate surface area is 125 Å². The highest BCUT2D eigenvalue weighted by Crippen LogP contribution is 2.31. The summed E-state index contributed by atoms with van der Waals surface area (Å²) in [5, 5.41) is 1.69. The molecule has 1 aromatic heterocycles. The molecule has 4 nitrogen and oxygen atoms in total. The van der Waals surface area contributed by atoms with Gasteiger partial charge >= 0.3 is 0 Å². The lowest BCUT2D eigenvalue weighted by Gasteiger charge is -2.38. The van der Waals surface area contributed by atoms with Crippen LogP contribution in [0, 0.1) is 11.6 Å². The molecule has 1 fully saturated rings. The minimum atomic E-state index is -3.48. The standard InChI is InChI=1S/C13H11F2NO3S2/c14-9-3-4-12(11(15)6-9)19-10-7-16(8-10)21(17,18)13-2-1-5-20-13/h1-6,10H,7-8H2. The van der Waals surface area contributed by atoms with E-state index in [1.165, 1.54) is 16.4 Å². The van der Waals surface area contributed by atoms with Gasteiger partial charge in [0.05, 0.1) is 13.1 Å². The van der Waals surface area contributed by atoms with E-state index in [-0.39, 0.29) is 23.0 Å². The van der Waals surface area contributed by atoms with Crippen LogP contribution in [0.1, 0.15) is 0 Å². The molecule has 8 heteroatoms. The molecule has 2 heterocycles. The lowest BCUT2D eigenvalue weighted by molar-refractivity contribution is 0.0670. The second-order valence-electron chi connectivity index (χ2n) is 4.57. The number of sulfonamides is 1. The van der Waals surface area contributed by atoms with Crippen LogP contribution in [0.25, 0.3) is 0 Å². The van der Waals surface area contributed by atoms with E-state index in [0.717, 1.165) is 23.5 Å². The van der Waals surface area contributed by atoms with E-state index in [2.05, 4.69) is 0 Å². The smallest absolute Gasteiger partial charge is 0.229 e. The molecule has 1 aliphatic rings. The molecular weight excluding hydrogens is 320 g/mol. The predicted octanol–water partition coefficient (Wildman–Crippen LogP) is 2.69. The first-order chi connectivity index (χ1) is 9.96. The van der Waals surface area contributed by atoms with Gasteiger partial charge in [0.15, 0.2) is 22.0 Å². The first kappa shape index (κ1) is 14.6. The van der Waals surface area contributed by atoms with Gasteiger partial charge in [0.25, 0.3) is 0 Å². The minimum Gasteiger partial charge on any atom is -0.592 e. The van der Waals surface area contributed by atoms with Gasteiger partial charge in [-0.05, 0) is 23.6 Å². The molecule has 1 saturated heterocycles. The van der Waals surface area contributed by atoms with Gasteiger partial charge in [-0.3, -0.25) is 0 Å². The predicted molar refractivity (Wildman–Crippen MR) is 73.8 cm³/mol. The Bertz CT molecular complexity index is 687. The summed E-state index contributed by atoms with van der Waals surface area (Å²) in [5.74, 6) is -1.56. The van der Waals surface area contributed by atoms with Crippen LogP contribution in [-0.2, 0) is 14.6 Å². The van der Waals surface area contributed by atoms with Gasteiger partial charge in [-0.2, -0.15) is 0 Å². The molecule has 2 aromatic rings. The number of ether oxygens (including phenoxy) is 1. The Morgan fingerprint density at radius 3 is 2.71 bits per heavy atom. The topological polar surface area (TPSA) is 52.6 Å². The van der Waals surface area contributed by atoms with E-state index < -0.39 is 28.1 Å². The molecule has 0 spiro atoms. The molecule has 112 valence electrons. The maximum atomic E-state index is 13.4. The van der Waals surface area contributed by atoms with Crippen molar-refractivity contribution in [1.82, 2.24) is 4.31 Å². The fraction of sp³-hybridized carbons (Fsp3) is 0.231. The highest BCUT2D eigenvalue weighted by molar-refractivity contribution is 7.97. The lowest BCUT2D eigenvalue weighted by atomic mass is 10.2. The zero-order chi connectivity index (χ0) is 15.0. The van der Waals surface area contributed by atoms with E-state index in [0.29, 0.717) is 0 Å². The van der Waals surface area contributed by atoms with Crippen molar-refractivity contribution in [2.75, 3.05) is 13.1 Å². The zero-order valence-electron chi connectivity index (χ0n) is 10.7. The summed E-state index contributed by atoms with van der Waals surface area (Å²) in [4.78, 5) is 0. The van der Waals surface area contributed by atoms with Crippen molar-refractivity contribution in [3.05, 3.63) is 47.3 Å². The lowest BCUT2D eigenvalue weighted by Crippen LogP contribution is -2.57. The average Bonchev–Trinajstić information content (AvgIpc) is 2.89. The number of benzene rings is 1. The van der Waals surface area contributed by atoms with E-state index in [4.69, 9.17) is 4.74 Å². The molecule has 0 bridgehead atoms. The van der Waals surface area contributed by atoms with Crippen molar-refractivity contribution in [2.24, 2.45) is 0 Å². The molecule has 0 radical (unpaired) electrons. The molecule has 3 rings (SSSR count). The number of hydrogen-bond acceptors (Lipinski definition) is 4. The van der Waals surface area contributed by atoms with E-state index in [1.807, 2.05) is 0 Å². The second kappa shape index (κ2) is 5.45. The van der Waals surface area contributed by atoms with Crippen molar-refractivity contribution < 1.29 is 22.3 Å². The van der Waals surface area contributed by atoms with Crippen molar-refractivity contribution in [1.29, 1.82) is 0 Å². The first-order valence-corrected chi connectivity index (χ1v) is 8.44. The van der Waals surface area contributed by atoms with Crippen LogP contribution in [0.15, 0.2) is 39.9 Å². The quantitative estimate of drug-likeness (QED) is 0.810. The molecule has 1 aromatic carbocycles. The normalized spacial score (nSPS) is 19.0. The highest BCUT2D eigenvalue weighted by Gasteiger charge is 2.43. The maximum Gasteiger partial charge on any atom is 0.229 e. The third kappa shape index (κ3) is 2.84. The summed E-state index contributed by atoms with van der Waals surface area (Å²) >= 11 is 1.14. The molecule has 0 saturated carbocycles. The molecule has 1 aliphatic heterocycles. The molecule has 0 amide bonds. The fourth-order valence-electron chi connectivity index (χ4n) is 1.96. The number of hydrogen-bond donors (Lipinski definition) is 0. The van der Waals surface area contributed by atoms with Gasteiger partial charge in [-0.1, -0.05) is 15.5 Å². The van der Waals surface area contributed by atoms with Gasteiger partial charge in [-0.15, -0.1) is 4.31 Å². The number of thiophene rings is 1. The largest absolute Gasteiger partial charge is 0.592 e. The van der Waals surface area contributed by atoms with Crippen molar-refractivity contribution in [3.8, 4) is 5.75 Å². The van der Waals surface area contributed by atoms with Crippen LogP contribution in [0.5, 0.6) is 5.75 Å². The van der Waals surface area contributed by atoms with Crippen molar-refractivity contribution in [2.45, 2.75) is 10.3 Å². The number of rotatable bonds is 4. The molecule has 1 unspecified atom stereocenters. The zero-order valence-corrected chi connectivity index (χ0v) is 12.3. The Hall–Kier alpha value is -1.35. The van der Waals surface area contributed by atoms with Crippen LogP contribution >= 0.6 is 11.3 Å². The Morgan fingerprint density at radius 1 is 1.33 bits per heavy atom. The third-order valence-corrected chi connectivity index (χ3v) is 6.30. The summed E-state index contributed by atoms with van der Waals surface area (Å²) in [6, 6.07) is 6.22. The van der Waals surface area contributed by atoms with E-state index in [1.54, 1.807) is 11.4 Å². The molecule has 0 aliphatic carbocycles. The van der Waals surface area contributed by atoms with Gasteiger partial charge in [0.2, 0.25) is 4.21 Å². The average molecular weight is 331 g/mol. The summed E-state index contributed by atoms with van der Waals surface area (Å²) in [6.45, 7) is 0.300. The fourth-order valence-corrected chi connectivity index (χ4v) is 4.61. The van der Waals surface area contributed by atoms with Gasteiger partial charge in [0, 0.05) is 12.1 Å². The second-order valence-corrected chi connectivity index (χ2v) is 7.68. The van der Waals surface area contributed by atoms with Crippen LogP contribution in [0.4, 0.5) is 8.78 Å². The Kier molecular flexibility index (Phi) is 3.78.